The average molecular weight is 465 g/mol. The number of hydrogen-bond acceptors (Lipinski definition) is 6. The summed E-state index contributed by atoms with van der Waals surface area (Å²) in [6.45, 7) is -0.0838. The number of rotatable bonds is 5. The van der Waals surface area contributed by atoms with Crippen LogP contribution in [-0.4, -0.2) is 40.5 Å². The molecule has 33 heavy (non-hydrogen) atoms. The number of sulfonamides is 1. The standard InChI is InChI=1S/C23H20N4O5S/c24-23(29)32-16-7-10-19-20(11-16)26-22(25-19)14-5-8-17(9-6-14)33(30,31)27-12-15-3-1-2-4-18(15)21(27)13-28/h1-11,21,28H,12-13H2,(H2,24,29)(H,25,26)/t21-/m1/s1. The monoisotopic (exact) mass is 464 g/mol. The van der Waals surface area contributed by atoms with Crippen LogP contribution in [0.3, 0.4) is 0 Å². The molecule has 4 N–H and O–H groups in total. The molecule has 2 heterocycles. The topological polar surface area (TPSA) is 139 Å². The van der Waals surface area contributed by atoms with Crippen LogP contribution in [0, 0.1) is 0 Å². The number of aliphatic hydroxyl groups excluding tert-OH is 1. The Kier molecular flexibility index (Phi) is 5.12. The van der Waals surface area contributed by atoms with Crippen molar-refractivity contribution in [2.24, 2.45) is 5.73 Å². The van der Waals surface area contributed by atoms with Gasteiger partial charge in [-0.3, -0.25) is 0 Å². The predicted molar refractivity (Wildman–Crippen MR) is 121 cm³/mol. The summed E-state index contributed by atoms with van der Waals surface area (Å²) < 4.78 is 32.9. The molecule has 0 aliphatic carbocycles. The Morgan fingerprint density at radius 1 is 1.15 bits per heavy atom. The van der Waals surface area contributed by atoms with Gasteiger partial charge in [-0.05, 0) is 47.5 Å². The first kappa shape index (κ1) is 21.1. The highest BCUT2D eigenvalue weighted by molar-refractivity contribution is 7.89. The van der Waals surface area contributed by atoms with Crippen molar-refractivity contribution < 1.29 is 23.1 Å². The highest BCUT2D eigenvalue weighted by Crippen LogP contribution is 2.37. The Balaban J connectivity index is 1.43. The number of nitrogens with two attached hydrogens (primary N) is 1. The molecule has 0 saturated heterocycles. The van der Waals surface area contributed by atoms with Crippen molar-refractivity contribution in [2.75, 3.05) is 6.61 Å². The van der Waals surface area contributed by atoms with E-state index in [1.54, 1.807) is 30.3 Å². The number of aromatic amines is 1. The Bertz CT molecular complexity index is 1460. The number of carbonyl (C=O) groups is 1. The van der Waals surface area contributed by atoms with Crippen molar-refractivity contribution in [3.63, 3.8) is 0 Å². The van der Waals surface area contributed by atoms with Crippen molar-refractivity contribution in [2.45, 2.75) is 17.5 Å². The molecule has 4 aromatic rings. The van der Waals surface area contributed by atoms with Crippen LogP contribution in [0.15, 0.2) is 71.6 Å². The van der Waals surface area contributed by atoms with Crippen molar-refractivity contribution in [1.82, 2.24) is 14.3 Å². The SMILES string of the molecule is NC(=O)Oc1ccc2nc(-c3ccc(S(=O)(=O)N4Cc5ccccc5[C@H]4CO)cc3)[nH]c2c1. The number of amides is 1. The quantitative estimate of drug-likeness (QED) is 0.415. The van der Waals surface area contributed by atoms with E-state index in [4.69, 9.17) is 10.5 Å². The molecule has 1 atom stereocenters. The number of aromatic nitrogens is 2. The molecule has 0 radical (unpaired) electrons. The lowest BCUT2D eigenvalue weighted by molar-refractivity contribution is 0.199. The van der Waals surface area contributed by atoms with Gasteiger partial charge in [-0.25, -0.2) is 18.2 Å². The molecule has 1 aliphatic rings. The number of primary amides is 1. The van der Waals surface area contributed by atoms with Crippen LogP contribution in [0.1, 0.15) is 17.2 Å². The molecule has 0 bridgehead atoms. The van der Waals surface area contributed by atoms with Gasteiger partial charge in [0.1, 0.15) is 11.6 Å². The van der Waals surface area contributed by atoms with Gasteiger partial charge < -0.3 is 20.6 Å². The Hall–Kier alpha value is -3.73. The number of ether oxygens (including phenoxy) is 1. The first-order valence-corrected chi connectivity index (χ1v) is 11.6. The number of nitrogens with one attached hydrogen (secondary N) is 1. The second-order valence-corrected chi connectivity index (χ2v) is 9.55. The second kappa shape index (κ2) is 8.00. The summed E-state index contributed by atoms with van der Waals surface area (Å²) in [5.41, 5.74) is 8.74. The van der Waals surface area contributed by atoms with Crippen molar-refractivity contribution >= 4 is 27.1 Å². The van der Waals surface area contributed by atoms with Gasteiger partial charge in [-0.1, -0.05) is 24.3 Å². The minimum atomic E-state index is -3.83. The third kappa shape index (κ3) is 3.74. The van der Waals surface area contributed by atoms with Crippen LogP contribution in [0.25, 0.3) is 22.4 Å². The second-order valence-electron chi connectivity index (χ2n) is 7.66. The fourth-order valence-electron chi connectivity index (χ4n) is 4.10. The zero-order chi connectivity index (χ0) is 23.2. The van der Waals surface area contributed by atoms with Crippen LogP contribution in [0.2, 0.25) is 0 Å². The van der Waals surface area contributed by atoms with Gasteiger partial charge in [0.2, 0.25) is 10.0 Å². The Morgan fingerprint density at radius 2 is 1.91 bits per heavy atom. The summed E-state index contributed by atoms with van der Waals surface area (Å²) in [5.74, 6) is 0.823. The van der Waals surface area contributed by atoms with E-state index in [0.29, 0.717) is 22.4 Å². The Labute approximate surface area is 189 Å². The van der Waals surface area contributed by atoms with E-state index >= 15 is 0 Å². The molecular formula is C23H20N4O5S. The van der Waals surface area contributed by atoms with Crippen molar-refractivity contribution in [1.29, 1.82) is 0 Å². The molecule has 1 aliphatic heterocycles. The number of benzene rings is 3. The summed E-state index contributed by atoms with van der Waals surface area (Å²) in [5, 5.41) is 9.87. The molecule has 0 fully saturated rings. The summed E-state index contributed by atoms with van der Waals surface area (Å²) >= 11 is 0. The number of nitrogens with zero attached hydrogens (tertiary/aromatic N) is 2. The molecule has 168 valence electrons. The predicted octanol–water partition coefficient (Wildman–Crippen LogP) is 2.93. The van der Waals surface area contributed by atoms with Gasteiger partial charge in [0.25, 0.3) is 0 Å². The highest BCUT2D eigenvalue weighted by Gasteiger charge is 2.38. The minimum Gasteiger partial charge on any atom is -0.410 e. The van der Waals surface area contributed by atoms with E-state index < -0.39 is 22.2 Å². The molecule has 1 aromatic heterocycles. The van der Waals surface area contributed by atoms with Crippen LogP contribution in [0.4, 0.5) is 4.79 Å². The maximum Gasteiger partial charge on any atom is 0.409 e. The lowest BCUT2D eigenvalue weighted by atomic mass is 10.1. The zero-order valence-electron chi connectivity index (χ0n) is 17.3. The maximum absolute atomic E-state index is 13.3. The third-order valence-corrected chi connectivity index (χ3v) is 7.54. The third-order valence-electron chi connectivity index (χ3n) is 5.67. The van der Waals surface area contributed by atoms with E-state index in [9.17, 15) is 18.3 Å². The van der Waals surface area contributed by atoms with Gasteiger partial charge in [-0.15, -0.1) is 0 Å². The lowest BCUT2D eigenvalue weighted by Crippen LogP contribution is -2.31. The van der Waals surface area contributed by atoms with Crippen molar-refractivity contribution in [3.8, 4) is 17.1 Å². The van der Waals surface area contributed by atoms with Gasteiger partial charge >= 0.3 is 6.09 Å². The molecule has 10 heteroatoms. The smallest absolute Gasteiger partial charge is 0.409 e. The number of fused-ring (bicyclic) bond motifs is 2. The molecule has 0 spiro atoms. The van der Waals surface area contributed by atoms with E-state index in [1.165, 1.54) is 16.4 Å². The average Bonchev–Trinajstić information content (AvgIpc) is 3.40. The van der Waals surface area contributed by atoms with Crippen molar-refractivity contribution in [3.05, 3.63) is 77.9 Å². The van der Waals surface area contributed by atoms with Gasteiger partial charge in [0.05, 0.1) is 28.6 Å². The maximum atomic E-state index is 13.3. The lowest BCUT2D eigenvalue weighted by Gasteiger charge is -2.23. The number of carbonyl (C=O) groups excluding carboxylic acids is 1. The first-order chi connectivity index (χ1) is 15.9. The van der Waals surface area contributed by atoms with Crippen LogP contribution in [-0.2, 0) is 16.6 Å². The fraction of sp³-hybridized carbons (Fsp3) is 0.130. The van der Waals surface area contributed by atoms with E-state index in [0.717, 1.165) is 11.1 Å². The van der Waals surface area contributed by atoms with Crippen LogP contribution >= 0.6 is 0 Å². The van der Waals surface area contributed by atoms with Gasteiger partial charge in [-0.2, -0.15) is 4.31 Å². The fourth-order valence-corrected chi connectivity index (χ4v) is 5.68. The molecule has 0 saturated carbocycles. The summed E-state index contributed by atoms with van der Waals surface area (Å²) in [6.07, 6.45) is -0.907. The van der Waals surface area contributed by atoms with Crippen LogP contribution < -0.4 is 10.5 Å². The number of aliphatic hydroxyl groups is 1. The van der Waals surface area contributed by atoms with E-state index in [1.807, 2.05) is 24.3 Å². The molecule has 9 nitrogen and oxygen atoms in total. The molecule has 0 unspecified atom stereocenters. The van der Waals surface area contributed by atoms with Gasteiger partial charge in [0, 0.05) is 18.2 Å². The molecule has 5 rings (SSSR count). The van der Waals surface area contributed by atoms with E-state index in [-0.39, 0.29) is 23.8 Å². The first-order valence-electron chi connectivity index (χ1n) is 10.1. The van der Waals surface area contributed by atoms with E-state index in [2.05, 4.69) is 9.97 Å². The normalized spacial score (nSPS) is 16.1. The van der Waals surface area contributed by atoms with Crippen LogP contribution in [0.5, 0.6) is 5.75 Å². The summed E-state index contributed by atoms with van der Waals surface area (Å²) in [6, 6.07) is 18.1. The molecular weight excluding hydrogens is 444 g/mol. The zero-order valence-corrected chi connectivity index (χ0v) is 18.1. The summed E-state index contributed by atoms with van der Waals surface area (Å²) in [4.78, 5) is 18.7. The molecule has 3 aromatic carbocycles. The highest BCUT2D eigenvalue weighted by atomic mass is 32.2. The number of H-pyrrole nitrogens is 1. The largest absolute Gasteiger partial charge is 0.410 e. The number of imidazole rings is 1. The van der Waals surface area contributed by atoms with Gasteiger partial charge in [0.15, 0.2) is 0 Å². The number of hydrogen-bond donors (Lipinski definition) is 3. The molecule has 1 amide bonds. The Morgan fingerprint density at radius 3 is 2.64 bits per heavy atom. The minimum absolute atomic E-state index is 0.130. The summed E-state index contributed by atoms with van der Waals surface area (Å²) in [7, 11) is -3.83.